The van der Waals surface area contributed by atoms with Gasteiger partial charge in [-0.3, -0.25) is 9.59 Å². The lowest BCUT2D eigenvalue weighted by Gasteiger charge is -2.30. The van der Waals surface area contributed by atoms with E-state index in [1.165, 1.54) is 12.1 Å². The number of imidazole rings is 1. The van der Waals surface area contributed by atoms with Gasteiger partial charge in [-0.05, 0) is 49.4 Å². The smallest absolute Gasteiger partial charge is 0.254 e. The lowest BCUT2D eigenvalue weighted by Crippen LogP contribution is -2.40. The maximum atomic E-state index is 13.8. The highest BCUT2D eigenvalue weighted by molar-refractivity contribution is 5.94. The molecule has 1 aliphatic rings. The minimum absolute atomic E-state index is 0.0428. The number of hydrogen-bond donors (Lipinski definition) is 1. The summed E-state index contributed by atoms with van der Waals surface area (Å²) in [5.41, 5.74) is 1.84. The number of para-hydroxylation sites is 2. The first kappa shape index (κ1) is 22.0. The van der Waals surface area contributed by atoms with Crippen molar-refractivity contribution in [3.8, 4) is 0 Å². The number of halogens is 1. The third-order valence-corrected chi connectivity index (χ3v) is 6.14. The van der Waals surface area contributed by atoms with Crippen LogP contribution >= 0.6 is 0 Å². The zero-order chi connectivity index (χ0) is 22.5. The summed E-state index contributed by atoms with van der Waals surface area (Å²) >= 11 is 0. The molecule has 0 saturated carbocycles. The molecule has 0 radical (unpaired) electrons. The molecule has 4 rings (SSSR count). The highest BCUT2D eigenvalue weighted by Crippen LogP contribution is 2.20. The number of carbonyl (C=O) groups excluding carboxylic acids is 2. The van der Waals surface area contributed by atoms with E-state index in [1.807, 2.05) is 33.7 Å². The summed E-state index contributed by atoms with van der Waals surface area (Å²) < 4.78 is 15.8. The van der Waals surface area contributed by atoms with Crippen molar-refractivity contribution in [3.63, 3.8) is 0 Å². The van der Waals surface area contributed by atoms with Crippen molar-refractivity contribution in [2.24, 2.45) is 5.92 Å². The normalized spacial score (nSPS) is 14.6. The summed E-state index contributed by atoms with van der Waals surface area (Å²) in [7, 11) is 0. The van der Waals surface area contributed by atoms with Gasteiger partial charge in [0.1, 0.15) is 18.2 Å². The van der Waals surface area contributed by atoms with Crippen LogP contribution in [0.1, 0.15) is 42.4 Å². The highest BCUT2D eigenvalue weighted by Gasteiger charge is 2.22. The number of aromatic nitrogens is 2. The predicted octanol–water partition coefficient (Wildman–Crippen LogP) is 3.80. The lowest BCUT2D eigenvalue weighted by molar-refractivity contribution is -0.133. The van der Waals surface area contributed by atoms with Crippen LogP contribution in [0.25, 0.3) is 11.0 Å². The van der Waals surface area contributed by atoms with Gasteiger partial charge in [0.05, 0.1) is 16.6 Å². The number of rotatable bonds is 7. The van der Waals surface area contributed by atoms with Crippen LogP contribution in [-0.4, -0.2) is 45.9 Å². The second-order valence-electron chi connectivity index (χ2n) is 8.51. The van der Waals surface area contributed by atoms with Gasteiger partial charge in [-0.25, -0.2) is 9.37 Å². The number of hydrogen-bond acceptors (Lipinski definition) is 3. The summed E-state index contributed by atoms with van der Waals surface area (Å²) in [6.45, 7) is 4.52. The van der Waals surface area contributed by atoms with Gasteiger partial charge in [0.25, 0.3) is 5.91 Å². The molecule has 1 aromatic heterocycles. The molecule has 0 atom stereocenters. The average molecular weight is 437 g/mol. The Kier molecular flexibility index (Phi) is 6.83. The molecule has 0 aliphatic carbocycles. The lowest BCUT2D eigenvalue weighted by atomic mass is 9.99. The molecule has 7 heteroatoms. The van der Waals surface area contributed by atoms with Gasteiger partial charge in [-0.1, -0.05) is 31.2 Å². The van der Waals surface area contributed by atoms with Gasteiger partial charge in [0.15, 0.2) is 0 Å². The summed E-state index contributed by atoms with van der Waals surface area (Å²) in [6, 6.07) is 13.8. The van der Waals surface area contributed by atoms with E-state index in [4.69, 9.17) is 4.98 Å². The Morgan fingerprint density at radius 1 is 1.09 bits per heavy atom. The number of piperidine rings is 1. The molecule has 0 unspecified atom stereocenters. The minimum atomic E-state index is -0.530. The zero-order valence-corrected chi connectivity index (χ0v) is 18.4. The second-order valence-corrected chi connectivity index (χ2v) is 8.51. The quantitative estimate of drug-likeness (QED) is 0.573. The van der Waals surface area contributed by atoms with E-state index in [-0.39, 0.29) is 18.0 Å². The number of nitrogens with one attached hydrogen (secondary N) is 1. The van der Waals surface area contributed by atoms with Crippen molar-refractivity contribution >= 4 is 22.8 Å². The van der Waals surface area contributed by atoms with Gasteiger partial charge in [0.2, 0.25) is 5.91 Å². The van der Waals surface area contributed by atoms with Gasteiger partial charge in [-0.2, -0.15) is 0 Å². The first-order chi connectivity index (χ1) is 15.5. The van der Waals surface area contributed by atoms with Gasteiger partial charge >= 0.3 is 0 Å². The Labute approximate surface area is 187 Å². The number of carbonyl (C=O) groups is 2. The van der Waals surface area contributed by atoms with Crippen molar-refractivity contribution in [3.05, 3.63) is 65.7 Å². The topological polar surface area (TPSA) is 67.2 Å². The molecule has 0 spiro atoms. The Morgan fingerprint density at radius 3 is 2.59 bits per heavy atom. The molecular weight excluding hydrogens is 407 g/mol. The van der Waals surface area contributed by atoms with Crippen LogP contribution in [0.3, 0.4) is 0 Å². The molecule has 2 amide bonds. The molecular formula is C25H29FN4O2. The van der Waals surface area contributed by atoms with E-state index in [0.717, 1.165) is 42.8 Å². The first-order valence-corrected chi connectivity index (χ1v) is 11.3. The fraction of sp³-hybridized carbons (Fsp3) is 0.400. The molecule has 6 nitrogen and oxygen atoms in total. The Balaban J connectivity index is 1.40. The summed E-state index contributed by atoms with van der Waals surface area (Å²) in [4.78, 5) is 31.9. The molecule has 1 saturated heterocycles. The van der Waals surface area contributed by atoms with Crippen LogP contribution in [0.4, 0.5) is 4.39 Å². The predicted molar refractivity (Wildman–Crippen MR) is 122 cm³/mol. The molecule has 168 valence electrons. The Bertz CT molecular complexity index is 1100. The standard InChI is InChI=1S/C25H29FN4O2/c1-18-12-15-29(16-13-18)24(31)17-30-22-10-5-4-9-21(22)28-23(30)11-6-14-27-25(32)19-7-2-3-8-20(19)26/h2-5,7-10,18H,6,11-17H2,1H3,(H,27,32). The van der Waals surface area contributed by atoms with Crippen molar-refractivity contribution in [1.82, 2.24) is 19.8 Å². The fourth-order valence-corrected chi connectivity index (χ4v) is 4.17. The summed E-state index contributed by atoms with van der Waals surface area (Å²) in [5.74, 6) is 0.658. The number of amides is 2. The molecule has 2 heterocycles. The van der Waals surface area contributed by atoms with E-state index in [9.17, 15) is 14.0 Å². The Hall–Kier alpha value is -3.22. The Morgan fingerprint density at radius 2 is 1.81 bits per heavy atom. The van der Waals surface area contributed by atoms with Gasteiger partial charge < -0.3 is 14.8 Å². The maximum Gasteiger partial charge on any atom is 0.254 e. The number of aryl methyl sites for hydroxylation is 1. The summed E-state index contributed by atoms with van der Waals surface area (Å²) in [5, 5.41) is 2.77. The molecule has 1 N–H and O–H groups in total. The molecule has 3 aromatic rings. The number of nitrogens with zero attached hydrogens (tertiary/aromatic N) is 3. The monoisotopic (exact) mass is 436 g/mol. The first-order valence-electron chi connectivity index (χ1n) is 11.3. The zero-order valence-electron chi connectivity index (χ0n) is 18.4. The van der Waals surface area contributed by atoms with E-state index in [2.05, 4.69) is 12.2 Å². The largest absolute Gasteiger partial charge is 0.352 e. The van der Waals surface area contributed by atoms with Crippen LogP contribution in [-0.2, 0) is 17.8 Å². The van der Waals surface area contributed by atoms with Crippen LogP contribution in [0, 0.1) is 11.7 Å². The van der Waals surface area contributed by atoms with Crippen LogP contribution in [0.5, 0.6) is 0 Å². The highest BCUT2D eigenvalue weighted by atomic mass is 19.1. The molecule has 1 fully saturated rings. The van der Waals surface area contributed by atoms with Gasteiger partial charge in [0, 0.05) is 26.1 Å². The van der Waals surface area contributed by atoms with Crippen LogP contribution < -0.4 is 5.32 Å². The third kappa shape index (κ3) is 4.98. The molecule has 0 bridgehead atoms. The van der Waals surface area contributed by atoms with E-state index in [0.29, 0.717) is 25.3 Å². The van der Waals surface area contributed by atoms with Crippen molar-refractivity contribution in [2.45, 2.75) is 39.2 Å². The minimum Gasteiger partial charge on any atom is -0.352 e. The van der Waals surface area contributed by atoms with E-state index in [1.54, 1.807) is 12.1 Å². The molecule has 1 aliphatic heterocycles. The molecule has 2 aromatic carbocycles. The van der Waals surface area contributed by atoms with Crippen LogP contribution in [0.2, 0.25) is 0 Å². The fourth-order valence-electron chi connectivity index (χ4n) is 4.17. The van der Waals surface area contributed by atoms with Gasteiger partial charge in [-0.15, -0.1) is 0 Å². The maximum absolute atomic E-state index is 13.8. The van der Waals surface area contributed by atoms with Crippen LogP contribution in [0.15, 0.2) is 48.5 Å². The van der Waals surface area contributed by atoms with Crippen molar-refractivity contribution in [1.29, 1.82) is 0 Å². The average Bonchev–Trinajstić information content (AvgIpc) is 3.14. The SMILES string of the molecule is CC1CCN(C(=O)Cn2c(CCCNC(=O)c3ccccc3F)nc3ccccc32)CC1. The molecule has 32 heavy (non-hydrogen) atoms. The third-order valence-electron chi connectivity index (χ3n) is 6.14. The van der Waals surface area contributed by atoms with E-state index >= 15 is 0 Å². The van der Waals surface area contributed by atoms with Crippen molar-refractivity contribution < 1.29 is 14.0 Å². The van der Waals surface area contributed by atoms with E-state index < -0.39 is 11.7 Å². The number of likely N-dealkylation sites (tertiary alicyclic amines) is 1. The number of benzene rings is 2. The second kappa shape index (κ2) is 9.94. The number of fused-ring (bicyclic) bond motifs is 1. The summed E-state index contributed by atoms with van der Waals surface area (Å²) in [6.07, 6.45) is 3.34. The van der Waals surface area contributed by atoms with Crippen molar-refractivity contribution in [2.75, 3.05) is 19.6 Å².